The van der Waals surface area contributed by atoms with Crippen LogP contribution >= 0.6 is 0 Å². The van der Waals surface area contributed by atoms with Gasteiger partial charge in [-0.05, 0) is 48.9 Å². The maximum atomic E-state index is 12.4. The molecule has 0 bridgehead atoms. The van der Waals surface area contributed by atoms with Crippen molar-refractivity contribution in [2.45, 2.75) is 38.6 Å². The predicted octanol–water partition coefficient (Wildman–Crippen LogP) is 4.16. The molecule has 0 radical (unpaired) electrons. The molecule has 0 aliphatic heterocycles. The molecule has 3 N–H and O–H groups in total. The monoisotopic (exact) mass is 365 g/mol. The Labute approximate surface area is 160 Å². The Morgan fingerprint density at radius 1 is 1.04 bits per heavy atom. The average molecular weight is 365 g/mol. The van der Waals surface area contributed by atoms with Crippen LogP contribution in [0.3, 0.4) is 0 Å². The second kappa shape index (κ2) is 9.21. The second-order valence-electron chi connectivity index (χ2n) is 7.18. The van der Waals surface area contributed by atoms with E-state index >= 15 is 0 Å². The molecule has 1 fully saturated rings. The Bertz CT molecular complexity index is 770. The van der Waals surface area contributed by atoms with Gasteiger partial charge in [0.05, 0.1) is 12.6 Å². The fraction of sp³-hybridized carbons (Fsp3) is 0.364. The molecular formula is C22H27N3O2. The van der Waals surface area contributed by atoms with Crippen LogP contribution in [0.25, 0.3) is 0 Å². The minimum absolute atomic E-state index is 0.00262. The van der Waals surface area contributed by atoms with E-state index in [1.807, 2.05) is 49.4 Å². The van der Waals surface area contributed by atoms with Gasteiger partial charge in [-0.2, -0.15) is 0 Å². The Morgan fingerprint density at radius 2 is 1.78 bits per heavy atom. The lowest BCUT2D eigenvalue weighted by Gasteiger charge is -2.25. The molecule has 1 atom stereocenters. The van der Waals surface area contributed by atoms with E-state index in [0.717, 1.165) is 24.0 Å². The van der Waals surface area contributed by atoms with Gasteiger partial charge in [-0.25, -0.2) is 4.79 Å². The van der Waals surface area contributed by atoms with Crippen molar-refractivity contribution >= 4 is 17.6 Å². The molecule has 0 saturated heterocycles. The van der Waals surface area contributed by atoms with Crippen molar-refractivity contribution < 1.29 is 9.59 Å². The summed E-state index contributed by atoms with van der Waals surface area (Å²) < 4.78 is 0. The van der Waals surface area contributed by atoms with Gasteiger partial charge >= 0.3 is 6.03 Å². The molecule has 0 spiro atoms. The van der Waals surface area contributed by atoms with E-state index in [-0.39, 0.29) is 24.5 Å². The SMILES string of the molecule is Cc1cccc(NC(=O)NCC(=O)N[C@@H](c2ccccc2)C2CCCC2)c1. The Morgan fingerprint density at radius 3 is 2.48 bits per heavy atom. The minimum Gasteiger partial charge on any atom is -0.347 e. The van der Waals surface area contributed by atoms with E-state index in [1.54, 1.807) is 0 Å². The lowest BCUT2D eigenvalue weighted by atomic mass is 9.91. The number of carbonyl (C=O) groups is 2. The van der Waals surface area contributed by atoms with Crippen molar-refractivity contribution in [3.05, 3.63) is 65.7 Å². The van der Waals surface area contributed by atoms with Gasteiger partial charge in [-0.3, -0.25) is 4.79 Å². The average Bonchev–Trinajstić information content (AvgIpc) is 3.19. The van der Waals surface area contributed by atoms with Crippen LogP contribution in [0.15, 0.2) is 54.6 Å². The van der Waals surface area contributed by atoms with Crippen molar-refractivity contribution in [2.75, 3.05) is 11.9 Å². The van der Waals surface area contributed by atoms with Crippen LogP contribution in [0.5, 0.6) is 0 Å². The molecule has 1 aliphatic carbocycles. The summed E-state index contributed by atoms with van der Waals surface area (Å²) in [4.78, 5) is 24.5. The molecule has 1 aliphatic rings. The van der Waals surface area contributed by atoms with Gasteiger partial charge in [-0.1, -0.05) is 55.3 Å². The van der Waals surface area contributed by atoms with Crippen LogP contribution in [0.1, 0.15) is 42.9 Å². The number of urea groups is 1. The number of amides is 3. The highest BCUT2D eigenvalue weighted by Crippen LogP contribution is 2.35. The number of hydrogen-bond acceptors (Lipinski definition) is 2. The van der Waals surface area contributed by atoms with Gasteiger partial charge in [0.15, 0.2) is 0 Å². The summed E-state index contributed by atoms with van der Waals surface area (Å²) in [5.74, 6) is 0.285. The summed E-state index contributed by atoms with van der Waals surface area (Å²) in [6.45, 7) is 1.91. The van der Waals surface area contributed by atoms with Crippen LogP contribution in [0, 0.1) is 12.8 Å². The molecule has 142 valence electrons. The van der Waals surface area contributed by atoms with Crippen LogP contribution in [-0.2, 0) is 4.79 Å². The highest BCUT2D eigenvalue weighted by Gasteiger charge is 2.27. The number of benzene rings is 2. The minimum atomic E-state index is -0.382. The second-order valence-corrected chi connectivity index (χ2v) is 7.18. The van der Waals surface area contributed by atoms with Crippen molar-refractivity contribution in [1.29, 1.82) is 0 Å². The Hall–Kier alpha value is -2.82. The molecule has 5 nitrogen and oxygen atoms in total. The molecule has 3 rings (SSSR count). The summed E-state index contributed by atoms with van der Waals surface area (Å²) in [6, 6.07) is 17.2. The molecule has 3 amide bonds. The number of aryl methyl sites for hydroxylation is 1. The fourth-order valence-electron chi connectivity index (χ4n) is 3.71. The molecule has 0 aromatic heterocycles. The predicted molar refractivity (Wildman–Crippen MR) is 107 cm³/mol. The number of nitrogens with one attached hydrogen (secondary N) is 3. The molecule has 2 aromatic rings. The van der Waals surface area contributed by atoms with Crippen molar-refractivity contribution in [1.82, 2.24) is 10.6 Å². The van der Waals surface area contributed by atoms with Gasteiger partial charge < -0.3 is 16.0 Å². The number of anilines is 1. The topological polar surface area (TPSA) is 70.2 Å². The van der Waals surface area contributed by atoms with Gasteiger partial charge in [0.25, 0.3) is 0 Å². The zero-order valence-corrected chi connectivity index (χ0v) is 15.7. The summed E-state index contributed by atoms with van der Waals surface area (Å²) in [5, 5.41) is 8.51. The van der Waals surface area contributed by atoms with E-state index in [0.29, 0.717) is 11.6 Å². The third kappa shape index (κ3) is 5.58. The van der Waals surface area contributed by atoms with E-state index in [4.69, 9.17) is 0 Å². The largest absolute Gasteiger partial charge is 0.347 e. The van der Waals surface area contributed by atoms with Crippen LogP contribution in [-0.4, -0.2) is 18.5 Å². The lowest BCUT2D eigenvalue weighted by molar-refractivity contribution is -0.121. The molecule has 5 heteroatoms. The molecule has 2 aromatic carbocycles. The molecule has 0 unspecified atom stereocenters. The van der Waals surface area contributed by atoms with Gasteiger partial charge in [-0.15, -0.1) is 0 Å². The summed E-state index contributed by atoms with van der Waals surface area (Å²) in [6.07, 6.45) is 4.67. The van der Waals surface area contributed by atoms with Gasteiger partial charge in [0.1, 0.15) is 0 Å². The zero-order chi connectivity index (χ0) is 19.1. The molecule has 27 heavy (non-hydrogen) atoms. The standard InChI is InChI=1S/C22H27N3O2/c1-16-8-7-13-19(14-16)24-22(27)23-15-20(26)25-21(18-11-5-6-12-18)17-9-3-2-4-10-17/h2-4,7-10,13-14,18,21H,5-6,11-12,15H2,1H3,(H,25,26)(H2,23,24,27)/t21-/m0/s1. The van der Waals surface area contributed by atoms with Crippen LogP contribution in [0.2, 0.25) is 0 Å². The van der Waals surface area contributed by atoms with Crippen molar-refractivity contribution in [2.24, 2.45) is 5.92 Å². The van der Waals surface area contributed by atoms with Gasteiger partial charge in [0.2, 0.25) is 5.91 Å². The summed E-state index contributed by atoms with van der Waals surface area (Å²) >= 11 is 0. The maximum absolute atomic E-state index is 12.4. The number of rotatable bonds is 6. The maximum Gasteiger partial charge on any atom is 0.319 e. The summed E-state index contributed by atoms with van der Waals surface area (Å²) in [7, 11) is 0. The highest BCUT2D eigenvalue weighted by molar-refractivity contribution is 5.92. The highest BCUT2D eigenvalue weighted by atomic mass is 16.2. The van der Waals surface area contributed by atoms with Gasteiger partial charge in [0, 0.05) is 5.69 Å². The van der Waals surface area contributed by atoms with E-state index < -0.39 is 0 Å². The third-order valence-electron chi connectivity index (χ3n) is 5.03. The quantitative estimate of drug-likeness (QED) is 0.719. The van der Waals surface area contributed by atoms with E-state index in [9.17, 15) is 9.59 Å². The van der Waals surface area contributed by atoms with Crippen LogP contribution in [0.4, 0.5) is 10.5 Å². The first kappa shape index (κ1) is 19.0. The number of hydrogen-bond donors (Lipinski definition) is 3. The summed E-state index contributed by atoms with van der Waals surface area (Å²) in [5.41, 5.74) is 2.90. The lowest BCUT2D eigenvalue weighted by Crippen LogP contribution is -2.41. The number of carbonyl (C=O) groups excluding carboxylic acids is 2. The normalized spacial score (nSPS) is 15.1. The third-order valence-corrected chi connectivity index (χ3v) is 5.03. The molecule has 1 saturated carbocycles. The van der Waals surface area contributed by atoms with Crippen LogP contribution < -0.4 is 16.0 Å². The molecule has 0 heterocycles. The smallest absolute Gasteiger partial charge is 0.319 e. The first-order chi connectivity index (χ1) is 13.1. The van der Waals surface area contributed by atoms with Crippen molar-refractivity contribution in [3.8, 4) is 0 Å². The Kier molecular flexibility index (Phi) is 6.47. The first-order valence-corrected chi connectivity index (χ1v) is 9.57. The fourth-order valence-corrected chi connectivity index (χ4v) is 3.71. The van der Waals surface area contributed by atoms with E-state index in [1.165, 1.54) is 12.8 Å². The molecular weight excluding hydrogens is 338 g/mol. The zero-order valence-electron chi connectivity index (χ0n) is 15.7. The first-order valence-electron chi connectivity index (χ1n) is 9.57. The Balaban J connectivity index is 1.54. The van der Waals surface area contributed by atoms with Crippen molar-refractivity contribution in [3.63, 3.8) is 0 Å². The van der Waals surface area contributed by atoms with E-state index in [2.05, 4.69) is 28.1 Å².